The predicted molar refractivity (Wildman–Crippen MR) is 79.7 cm³/mol. The summed E-state index contributed by atoms with van der Waals surface area (Å²) >= 11 is 5.91. The van der Waals surface area contributed by atoms with Crippen LogP contribution in [0.15, 0.2) is 5.10 Å². The highest BCUT2D eigenvalue weighted by Crippen LogP contribution is 2.46. The van der Waals surface area contributed by atoms with Crippen molar-refractivity contribution in [3.63, 3.8) is 0 Å². The predicted octanol–water partition coefficient (Wildman–Crippen LogP) is 3.21. The molecule has 144 valence electrons. The molecule has 0 radical (unpaired) electrons. The zero-order valence-corrected chi connectivity index (χ0v) is 14.2. The lowest BCUT2D eigenvalue weighted by molar-refractivity contribution is -0.302. The van der Waals surface area contributed by atoms with E-state index in [1.807, 2.05) is 0 Å². The van der Waals surface area contributed by atoms with E-state index in [4.69, 9.17) is 11.6 Å². The smallest absolute Gasteiger partial charge is 0.362 e. The van der Waals surface area contributed by atoms with Gasteiger partial charge in [0, 0.05) is 18.1 Å². The van der Waals surface area contributed by atoms with Crippen LogP contribution in [0.25, 0.3) is 0 Å². The van der Waals surface area contributed by atoms with Crippen LogP contribution in [-0.4, -0.2) is 43.4 Å². The fourth-order valence-electron chi connectivity index (χ4n) is 2.88. The van der Waals surface area contributed by atoms with Gasteiger partial charge in [-0.15, -0.1) is 0 Å². The third-order valence-electron chi connectivity index (χ3n) is 4.23. The van der Waals surface area contributed by atoms with Gasteiger partial charge < -0.3 is 5.11 Å². The van der Waals surface area contributed by atoms with Crippen LogP contribution in [0.1, 0.15) is 49.9 Å². The highest BCUT2D eigenvalue weighted by atomic mass is 35.5. The Kier molecular flexibility index (Phi) is 4.50. The summed E-state index contributed by atoms with van der Waals surface area (Å²) in [5, 5.41) is 16.6. The normalized spacial score (nSPS) is 23.7. The molecule has 0 aromatic carbocycles. The van der Waals surface area contributed by atoms with E-state index >= 15 is 0 Å². The largest absolute Gasteiger partial charge is 0.438 e. The molecule has 3 rings (SSSR count). The van der Waals surface area contributed by atoms with Crippen molar-refractivity contribution in [3.8, 4) is 0 Å². The van der Waals surface area contributed by atoms with Crippen LogP contribution in [0.4, 0.5) is 22.0 Å². The molecule has 12 heteroatoms. The number of aromatic nitrogens is 2. The van der Waals surface area contributed by atoms with Gasteiger partial charge in [0.2, 0.25) is 0 Å². The number of aliphatic hydroxyl groups is 1. The van der Waals surface area contributed by atoms with Crippen LogP contribution < -0.4 is 0 Å². The van der Waals surface area contributed by atoms with Crippen molar-refractivity contribution in [2.45, 2.75) is 57.0 Å². The van der Waals surface area contributed by atoms with Crippen molar-refractivity contribution >= 4 is 23.2 Å². The van der Waals surface area contributed by atoms with Crippen molar-refractivity contribution in [1.82, 2.24) is 14.8 Å². The Bertz CT molecular complexity index is 774. The number of hydrogen-bond donors (Lipinski definition) is 1. The molecule has 0 saturated heterocycles. The van der Waals surface area contributed by atoms with Gasteiger partial charge in [-0.1, -0.05) is 11.6 Å². The standard InChI is InChI=1S/C14H14ClF5N4O2/c1-6-4-13(26,14(18,19)20)24(21-6)8(25)5-23-11(7-2-3-7)9(15)10(22-23)12(16)17/h7,12,26H,2-5H2,1H3/t13-/m1/s1. The van der Waals surface area contributed by atoms with E-state index in [9.17, 15) is 31.9 Å². The number of nitrogens with zero attached hydrogens (tertiary/aromatic N) is 4. The molecule has 2 heterocycles. The molecule has 1 atom stereocenters. The Labute approximate surface area is 149 Å². The molecule has 1 amide bonds. The number of hydrogen-bond acceptors (Lipinski definition) is 4. The van der Waals surface area contributed by atoms with Crippen LogP contribution in [0.3, 0.4) is 0 Å². The summed E-state index contributed by atoms with van der Waals surface area (Å²) in [6.45, 7) is 0.437. The molecule has 2 aliphatic rings. The van der Waals surface area contributed by atoms with Crippen molar-refractivity contribution in [3.05, 3.63) is 16.4 Å². The number of halogens is 6. The molecular formula is C14H14ClF5N4O2. The van der Waals surface area contributed by atoms with Gasteiger partial charge in [0.1, 0.15) is 12.2 Å². The summed E-state index contributed by atoms with van der Waals surface area (Å²) in [5.74, 6) is -1.41. The number of carbonyl (C=O) groups excluding carboxylic acids is 1. The first-order valence-electron chi connectivity index (χ1n) is 7.66. The van der Waals surface area contributed by atoms with E-state index in [2.05, 4.69) is 10.2 Å². The molecule has 0 unspecified atom stereocenters. The third-order valence-corrected chi connectivity index (χ3v) is 4.61. The van der Waals surface area contributed by atoms with Crippen LogP contribution in [0.2, 0.25) is 5.02 Å². The zero-order chi connectivity index (χ0) is 19.4. The number of hydrazone groups is 1. The lowest BCUT2D eigenvalue weighted by Crippen LogP contribution is -2.57. The molecule has 1 aliphatic heterocycles. The monoisotopic (exact) mass is 400 g/mol. The number of amides is 1. The molecule has 1 fully saturated rings. The molecule has 1 saturated carbocycles. The molecule has 1 aliphatic carbocycles. The summed E-state index contributed by atoms with van der Waals surface area (Å²) in [7, 11) is 0. The Hall–Kier alpha value is -1.75. The van der Waals surface area contributed by atoms with Gasteiger partial charge in [0.05, 0.1) is 10.7 Å². The van der Waals surface area contributed by atoms with E-state index in [-0.39, 0.29) is 27.4 Å². The summed E-state index contributed by atoms with van der Waals surface area (Å²) in [5.41, 5.74) is -4.11. The highest BCUT2D eigenvalue weighted by Gasteiger charge is 2.62. The fourth-order valence-corrected chi connectivity index (χ4v) is 3.25. The average Bonchev–Trinajstić information content (AvgIpc) is 3.20. The van der Waals surface area contributed by atoms with Gasteiger partial charge >= 0.3 is 6.18 Å². The van der Waals surface area contributed by atoms with Gasteiger partial charge in [0.25, 0.3) is 18.1 Å². The van der Waals surface area contributed by atoms with Gasteiger partial charge in [-0.3, -0.25) is 9.48 Å². The quantitative estimate of drug-likeness (QED) is 0.789. The highest BCUT2D eigenvalue weighted by molar-refractivity contribution is 6.32. The lowest BCUT2D eigenvalue weighted by Gasteiger charge is -2.32. The minimum atomic E-state index is -5.14. The van der Waals surface area contributed by atoms with Crippen LogP contribution in [-0.2, 0) is 11.3 Å². The van der Waals surface area contributed by atoms with Crippen LogP contribution >= 0.6 is 11.6 Å². The first kappa shape index (κ1) is 19.0. The minimum absolute atomic E-state index is 0.0589. The van der Waals surface area contributed by atoms with Crippen molar-refractivity contribution in [1.29, 1.82) is 0 Å². The van der Waals surface area contributed by atoms with Crippen LogP contribution in [0, 0.1) is 0 Å². The van der Waals surface area contributed by atoms with E-state index in [0.29, 0.717) is 12.8 Å². The Morgan fingerprint density at radius 3 is 2.54 bits per heavy atom. The zero-order valence-electron chi connectivity index (χ0n) is 13.4. The Balaban J connectivity index is 1.92. The first-order chi connectivity index (χ1) is 12.0. The van der Waals surface area contributed by atoms with Crippen molar-refractivity contribution in [2.75, 3.05) is 0 Å². The van der Waals surface area contributed by atoms with Crippen molar-refractivity contribution in [2.24, 2.45) is 5.10 Å². The topological polar surface area (TPSA) is 70.7 Å². The second kappa shape index (κ2) is 6.15. The van der Waals surface area contributed by atoms with E-state index in [1.54, 1.807) is 0 Å². The third kappa shape index (κ3) is 3.07. The number of alkyl halides is 5. The maximum Gasteiger partial charge on any atom is 0.438 e. The minimum Gasteiger partial charge on any atom is -0.362 e. The molecular weight excluding hydrogens is 387 g/mol. The molecule has 0 bridgehead atoms. The molecule has 1 aromatic rings. The summed E-state index contributed by atoms with van der Waals surface area (Å²) in [6, 6.07) is 0. The van der Waals surface area contributed by atoms with Gasteiger partial charge in [-0.25, -0.2) is 8.78 Å². The SMILES string of the molecule is CC1=NN(C(=O)Cn2nc(C(F)F)c(Cl)c2C2CC2)[C@](O)(C(F)(F)F)C1. The number of rotatable bonds is 4. The Morgan fingerprint density at radius 2 is 2.04 bits per heavy atom. The summed E-state index contributed by atoms with van der Waals surface area (Å²) < 4.78 is 66.5. The lowest BCUT2D eigenvalue weighted by atomic mass is 10.1. The van der Waals surface area contributed by atoms with Gasteiger partial charge in [-0.05, 0) is 19.8 Å². The van der Waals surface area contributed by atoms with Crippen molar-refractivity contribution < 1.29 is 31.9 Å². The Morgan fingerprint density at radius 1 is 1.42 bits per heavy atom. The molecule has 1 aromatic heterocycles. The second-order valence-electron chi connectivity index (χ2n) is 6.35. The maximum atomic E-state index is 13.2. The molecule has 6 nitrogen and oxygen atoms in total. The van der Waals surface area contributed by atoms with E-state index in [0.717, 1.165) is 4.68 Å². The van der Waals surface area contributed by atoms with Gasteiger partial charge in [0.15, 0.2) is 0 Å². The molecule has 26 heavy (non-hydrogen) atoms. The average molecular weight is 401 g/mol. The molecule has 1 N–H and O–H groups in total. The van der Waals surface area contributed by atoms with Gasteiger partial charge in [-0.2, -0.15) is 28.4 Å². The fraction of sp³-hybridized carbons (Fsp3) is 0.643. The second-order valence-corrected chi connectivity index (χ2v) is 6.73. The van der Waals surface area contributed by atoms with Crippen LogP contribution in [0.5, 0.6) is 0 Å². The summed E-state index contributed by atoms with van der Waals surface area (Å²) in [6.07, 6.45) is -7.72. The number of carbonyl (C=O) groups is 1. The molecule has 0 spiro atoms. The first-order valence-corrected chi connectivity index (χ1v) is 8.04. The van der Waals surface area contributed by atoms with E-state index < -0.39 is 42.9 Å². The maximum absolute atomic E-state index is 13.2. The van der Waals surface area contributed by atoms with E-state index in [1.165, 1.54) is 6.92 Å². The summed E-state index contributed by atoms with van der Waals surface area (Å²) in [4.78, 5) is 12.4.